The lowest BCUT2D eigenvalue weighted by molar-refractivity contribution is 0.493. The van der Waals surface area contributed by atoms with E-state index in [-0.39, 0.29) is 11.9 Å². The molecule has 0 spiro atoms. The minimum atomic E-state index is -0.148. The summed E-state index contributed by atoms with van der Waals surface area (Å²) < 4.78 is 14.6. The van der Waals surface area contributed by atoms with Crippen molar-refractivity contribution < 1.29 is 4.39 Å². The molecule has 0 bridgehead atoms. The predicted molar refractivity (Wildman–Crippen MR) is 124 cm³/mol. The largest absolute Gasteiger partial charge is 0.335 e. The van der Waals surface area contributed by atoms with Gasteiger partial charge in [-0.3, -0.25) is 0 Å². The van der Waals surface area contributed by atoms with Gasteiger partial charge in [-0.15, -0.1) is 0 Å². The lowest BCUT2D eigenvalue weighted by atomic mass is 9.82. The topological polar surface area (TPSA) is 28.2 Å². The average molecular weight is 406 g/mol. The highest BCUT2D eigenvalue weighted by Gasteiger charge is 2.37. The first-order valence-corrected chi connectivity index (χ1v) is 11.2. The monoisotopic (exact) mass is 405 g/mol. The molecule has 1 unspecified atom stereocenters. The molecule has 1 aliphatic carbocycles. The number of aryl methyl sites for hydroxylation is 1. The van der Waals surface area contributed by atoms with Crippen molar-refractivity contribution in [2.24, 2.45) is 0 Å². The van der Waals surface area contributed by atoms with Gasteiger partial charge in [0.2, 0.25) is 0 Å². The maximum atomic E-state index is 14.6. The zero-order valence-corrected chi connectivity index (χ0v) is 19.0. The Bertz CT molecular complexity index is 1120. The smallest absolute Gasteiger partial charge is 0.128 e. The number of pyridine rings is 1. The Morgan fingerprint density at radius 3 is 2.67 bits per heavy atom. The summed E-state index contributed by atoms with van der Waals surface area (Å²) in [6.07, 6.45) is 5.07. The van der Waals surface area contributed by atoms with E-state index in [1.165, 1.54) is 22.3 Å². The van der Waals surface area contributed by atoms with Crippen LogP contribution in [0.15, 0.2) is 35.6 Å². The third-order valence-electron chi connectivity index (χ3n) is 6.83. The summed E-state index contributed by atoms with van der Waals surface area (Å²) in [6.45, 7) is 15.4. The van der Waals surface area contributed by atoms with Crippen LogP contribution in [0.1, 0.15) is 74.5 Å². The molecule has 1 aromatic carbocycles. The van der Waals surface area contributed by atoms with Gasteiger partial charge in [0, 0.05) is 28.8 Å². The van der Waals surface area contributed by atoms with Crippen LogP contribution < -0.4 is 5.32 Å². The number of benzene rings is 1. The van der Waals surface area contributed by atoms with E-state index in [9.17, 15) is 4.39 Å². The molecular weight excluding hydrogens is 373 g/mol. The van der Waals surface area contributed by atoms with Crippen LogP contribution in [0.2, 0.25) is 0 Å². The fraction of sp³-hybridized carbons (Fsp3) is 0.423. The van der Waals surface area contributed by atoms with Gasteiger partial charge in [-0.05, 0) is 74.1 Å². The molecule has 1 atom stereocenters. The molecule has 5 rings (SSSR count). The second-order valence-electron chi connectivity index (χ2n) is 8.17. The Morgan fingerprint density at radius 2 is 2.00 bits per heavy atom. The SMILES string of the molecule is C=C1C(CC)=C(C)C=C2c3nc4cc(F)c(C)c5c4c(c3CN12)C(NC)CC5.CC. The number of rotatable bonds is 2. The number of nitrogens with one attached hydrogen (secondary N) is 1. The molecule has 4 heteroatoms. The van der Waals surface area contributed by atoms with Crippen molar-refractivity contribution in [2.45, 2.75) is 66.5 Å². The van der Waals surface area contributed by atoms with E-state index in [2.05, 4.69) is 36.7 Å². The van der Waals surface area contributed by atoms with Crippen molar-refractivity contribution in [3.63, 3.8) is 0 Å². The second kappa shape index (κ2) is 7.66. The summed E-state index contributed by atoms with van der Waals surface area (Å²) in [5.74, 6) is -0.148. The van der Waals surface area contributed by atoms with Crippen molar-refractivity contribution in [2.75, 3.05) is 7.05 Å². The van der Waals surface area contributed by atoms with Crippen molar-refractivity contribution in [1.29, 1.82) is 0 Å². The van der Waals surface area contributed by atoms with Gasteiger partial charge in [0.05, 0.1) is 23.5 Å². The first-order valence-electron chi connectivity index (χ1n) is 11.2. The Morgan fingerprint density at radius 1 is 1.27 bits per heavy atom. The zero-order valence-electron chi connectivity index (χ0n) is 19.0. The van der Waals surface area contributed by atoms with E-state index in [0.29, 0.717) is 0 Å². The molecule has 2 aromatic rings. The Hall–Kier alpha value is -2.46. The van der Waals surface area contributed by atoms with E-state index in [1.807, 2.05) is 27.8 Å². The normalized spacial score (nSPS) is 19.4. The quantitative estimate of drug-likeness (QED) is 0.633. The summed E-state index contributed by atoms with van der Waals surface area (Å²) >= 11 is 0. The van der Waals surface area contributed by atoms with Crippen molar-refractivity contribution in [1.82, 2.24) is 15.2 Å². The average Bonchev–Trinajstić information content (AvgIpc) is 3.12. The van der Waals surface area contributed by atoms with Gasteiger partial charge in [-0.1, -0.05) is 27.4 Å². The van der Waals surface area contributed by atoms with Gasteiger partial charge in [-0.25, -0.2) is 9.37 Å². The highest BCUT2D eigenvalue weighted by atomic mass is 19.1. The maximum Gasteiger partial charge on any atom is 0.128 e. The summed E-state index contributed by atoms with van der Waals surface area (Å²) in [7, 11) is 2.02. The number of nitrogens with zero attached hydrogens (tertiary/aromatic N) is 2. The summed E-state index contributed by atoms with van der Waals surface area (Å²) in [5, 5.41) is 4.66. The van der Waals surface area contributed by atoms with Gasteiger partial charge < -0.3 is 10.2 Å². The van der Waals surface area contributed by atoms with Crippen LogP contribution in [-0.2, 0) is 13.0 Å². The predicted octanol–water partition coefficient (Wildman–Crippen LogP) is 6.33. The van der Waals surface area contributed by atoms with Gasteiger partial charge in [-0.2, -0.15) is 0 Å². The number of halogens is 1. The second-order valence-corrected chi connectivity index (χ2v) is 8.17. The molecule has 1 aromatic heterocycles. The molecule has 158 valence electrons. The van der Waals surface area contributed by atoms with E-state index >= 15 is 0 Å². The molecule has 1 N–H and O–H groups in total. The molecule has 2 aliphatic heterocycles. The van der Waals surface area contributed by atoms with Gasteiger partial charge in [0.25, 0.3) is 0 Å². The lowest BCUT2D eigenvalue weighted by Gasteiger charge is -2.29. The fourth-order valence-electron chi connectivity index (χ4n) is 5.36. The molecule has 0 amide bonds. The maximum absolute atomic E-state index is 14.6. The van der Waals surface area contributed by atoms with Gasteiger partial charge >= 0.3 is 0 Å². The van der Waals surface area contributed by atoms with Gasteiger partial charge in [0.15, 0.2) is 0 Å². The first-order chi connectivity index (χ1) is 14.5. The molecule has 30 heavy (non-hydrogen) atoms. The highest BCUT2D eigenvalue weighted by Crippen LogP contribution is 2.48. The minimum absolute atomic E-state index is 0.148. The number of fused-ring (bicyclic) bond motifs is 4. The standard InChI is InChI=1S/C24H26FN3.C2H6/c1-6-15-12(2)9-21-24-17(11-28(21)14(15)4)23-19(26-5)8-7-16-13(3)18(25)10-20(27-24)22(16)23;1-2/h9-10,19,26H,4,6-8,11H2,1-3,5H3;1-2H3. The number of allylic oxidation sites excluding steroid dienone is 3. The van der Waals surface area contributed by atoms with Crippen molar-refractivity contribution in [3.8, 4) is 0 Å². The number of hydrogen-bond donors (Lipinski definition) is 1. The molecule has 3 aliphatic rings. The van der Waals surface area contributed by atoms with Crippen molar-refractivity contribution in [3.05, 3.63) is 69.3 Å². The Labute approximate surface area is 179 Å². The van der Waals surface area contributed by atoms with Crippen LogP contribution in [0, 0.1) is 12.7 Å². The van der Waals surface area contributed by atoms with Crippen LogP contribution in [-0.4, -0.2) is 16.9 Å². The van der Waals surface area contributed by atoms with Crippen LogP contribution in [0.3, 0.4) is 0 Å². The number of aromatic nitrogens is 1. The first kappa shape index (κ1) is 20.8. The molecule has 0 saturated heterocycles. The zero-order chi connectivity index (χ0) is 21.7. The van der Waals surface area contributed by atoms with E-state index in [1.54, 1.807) is 6.07 Å². The highest BCUT2D eigenvalue weighted by molar-refractivity contribution is 5.93. The van der Waals surface area contributed by atoms with E-state index < -0.39 is 0 Å². The Kier molecular flexibility index (Phi) is 5.31. The van der Waals surface area contributed by atoms with E-state index in [4.69, 9.17) is 4.98 Å². The summed E-state index contributed by atoms with van der Waals surface area (Å²) in [4.78, 5) is 7.29. The van der Waals surface area contributed by atoms with Crippen LogP contribution >= 0.6 is 0 Å². The summed E-state index contributed by atoms with van der Waals surface area (Å²) in [6, 6.07) is 1.89. The lowest BCUT2D eigenvalue weighted by Crippen LogP contribution is -2.24. The third-order valence-corrected chi connectivity index (χ3v) is 6.83. The molecule has 3 heterocycles. The van der Waals surface area contributed by atoms with Crippen LogP contribution in [0.4, 0.5) is 4.39 Å². The molecule has 0 saturated carbocycles. The Balaban J connectivity index is 0.00000106. The van der Waals surface area contributed by atoms with Crippen LogP contribution in [0.25, 0.3) is 16.6 Å². The molecular formula is C26H32FN3. The minimum Gasteiger partial charge on any atom is -0.335 e. The number of hydrogen-bond acceptors (Lipinski definition) is 3. The van der Waals surface area contributed by atoms with Crippen LogP contribution in [0.5, 0.6) is 0 Å². The van der Waals surface area contributed by atoms with Crippen molar-refractivity contribution >= 4 is 16.6 Å². The molecule has 0 fully saturated rings. The van der Waals surface area contributed by atoms with E-state index in [0.717, 1.165) is 64.9 Å². The molecule has 3 nitrogen and oxygen atoms in total. The fourth-order valence-corrected chi connectivity index (χ4v) is 5.36. The third kappa shape index (κ3) is 2.77. The van der Waals surface area contributed by atoms with Gasteiger partial charge in [0.1, 0.15) is 5.82 Å². The summed E-state index contributed by atoms with van der Waals surface area (Å²) in [5.41, 5.74) is 11.0. The molecule has 0 radical (unpaired) electrons.